The van der Waals surface area contributed by atoms with E-state index in [2.05, 4.69) is 0 Å². The first-order chi connectivity index (χ1) is 5.66. The quantitative estimate of drug-likeness (QED) is 0.359. The number of ether oxygens (including phenoxy) is 1. The fraction of sp³-hybridized carbons (Fsp3) is 0.857. The van der Waals surface area contributed by atoms with Crippen molar-refractivity contribution < 1.29 is 4.74 Å². The summed E-state index contributed by atoms with van der Waals surface area (Å²) in [6.45, 7) is 0.765. The highest BCUT2D eigenvalue weighted by Crippen LogP contribution is 2.15. The average Bonchev–Trinajstić information content (AvgIpc) is 2.03. The molecule has 2 atom stereocenters. The van der Waals surface area contributed by atoms with Crippen LogP contribution in [0.15, 0.2) is 0 Å². The second-order valence-electron chi connectivity index (χ2n) is 3.01. The highest BCUT2D eigenvalue weighted by atomic mass is 16.5. The van der Waals surface area contributed by atoms with Gasteiger partial charge in [0, 0.05) is 19.7 Å². The van der Waals surface area contributed by atoms with Crippen molar-refractivity contribution >= 4 is 5.96 Å². The fourth-order valence-electron chi connectivity index (χ4n) is 1.56. The first-order valence-corrected chi connectivity index (χ1v) is 4.06. The van der Waals surface area contributed by atoms with Crippen LogP contribution >= 0.6 is 0 Å². The smallest absolute Gasteiger partial charge is 0.190 e. The monoisotopic (exact) mass is 172 g/mol. The molecule has 0 amide bonds. The molecule has 1 rings (SSSR count). The lowest BCUT2D eigenvalue weighted by Crippen LogP contribution is -2.56. The number of nitrogens with one attached hydrogen (secondary N) is 1. The van der Waals surface area contributed by atoms with Crippen LogP contribution in [0.5, 0.6) is 0 Å². The van der Waals surface area contributed by atoms with Crippen LogP contribution in [-0.4, -0.2) is 36.8 Å². The standard InChI is InChI=1S/C7H16N4O/c1-12-6-5(8)3-2-4-11(6)7(9)10/h5-6H,2-4,8H2,1H3,(H3,9,10). The molecule has 0 bridgehead atoms. The van der Waals surface area contributed by atoms with Crippen LogP contribution in [0.4, 0.5) is 0 Å². The van der Waals surface area contributed by atoms with Crippen molar-refractivity contribution in [3.63, 3.8) is 0 Å². The molecule has 1 saturated heterocycles. The van der Waals surface area contributed by atoms with Gasteiger partial charge in [-0.3, -0.25) is 5.41 Å². The van der Waals surface area contributed by atoms with Gasteiger partial charge in [-0.25, -0.2) is 0 Å². The predicted molar refractivity (Wildman–Crippen MR) is 46.6 cm³/mol. The molecule has 0 saturated carbocycles. The molecule has 5 heteroatoms. The Kier molecular flexibility index (Phi) is 2.88. The molecule has 1 aliphatic rings. The van der Waals surface area contributed by atoms with Crippen molar-refractivity contribution in [1.29, 1.82) is 5.41 Å². The van der Waals surface area contributed by atoms with Gasteiger partial charge >= 0.3 is 0 Å². The summed E-state index contributed by atoms with van der Waals surface area (Å²) in [5, 5.41) is 7.28. The Morgan fingerprint density at radius 2 is 2.33 bits per heavy atom. The van der Waals surface area contributed by atoms with Crippen molar-refractivity contribution in [2.45, 2.75) is 25.1 Å². The van der Waals surface area contributed by atoms with E-state index in [0.29, 0.717) is 0 Å². The van der Waals surface area contributed by atoms with E-state index in [4.69, 9.17) is 21.6 Å². The summed E-state index contributed by atoms with van der Waals surface area (Å²) in [5.74, 6) is 0.0389. The Bertz CT molecular complexity index is 173. The number of rotatable bonds is 1. The Morgan fingerprint density at radius 1 is 1.67 bits per heavy atom. The number of piperidine rings is 1. The number of methoxy groups -OCH3 is 1. The van der Waals surface area contributed by atoms with Crippen LogP contribution in [0.25, 0.3) is 0 Å². The van der Waals surface area contributed by atoms with Gasteiger partial charge in [-0.15, -0.1) is 0 Å². The van der Waals surface area contributed by atoms with E-state index in [1.54, 1.807) is 12.0 Å². The summed E-state index contributed by atoms with van der Waals surface area (Å²) < 4.78 is 5.16. The van der Waals surface area contributed by atoms with Gasteiger partial charge in [0.15, 0.2) is 5.96 Å². The van der Waals surface area contributed by atoms with E-state index in [-0.39, 0.29) is 18.2 Å². The molecule has 70 valence electrons. The lowest BCUT2D eigenvalue weighted by atomic mass is 10.1. The maximum absolute atomic E-state index is 7.28. The Labute approximate surface area is 72.2 Å². The van der Waals surface area contributed by atoms with Crippen LogP contribution in [0.3, 0.4) is 0 Å². The maximum Gasteiger partial charge on any atom is 0.190 e. The number of hydrogen-bond donors (Lipinski definition) is 3. The van der Waals surface area contributed by atoms with Gasteiger partial charge in [0.2, 0.25) is 0 Å². The molecule has 5 nitrogen and oxygen atoms in total. The fourth-order valence-corrected chi connectivity index (χ4v) is 1.56. The van der Waals surface area contributed by atoms with Crippen LogP contribution in [0, 0.1) is 5.41 Å². The highest BCUT2D eigenvalue weighted by molar-refractivity contribution is 5.75. The summed E-state index contributed by atoms with van der Waals surface area (Å²) >= 11 is 0. The Morgan fingerprint density at radius 3 is 2.75 bits per heavy atom. The number of guanidine groups is 1. The molecule has 0 aliphatic carbocycles. The van der Waals surface area contributed by atoms with E-state index < -0.39 is 0 Å². The minimum atomic E-state index is -0.226. The lowest BCUT2D eigenvalue weighted by Gasteiger charge is -2.38. The van der Waals surface area contributed by atoms with Gasteiger partial charge in [0.25, 0.3) is 0 Å². The van der Waals surface area contributed by atoms with Crippen molar-refractivity contribution in [1.82, 2.24) is 4.90 Å². The van der Waals surface area contributed by atoms with Crippen molar-refractivity contribution in [2.75, 3.05) is 13.7 Å². The molecule has 0 radical (unpaired) electrons. The second kappa shape index (κ2) is 3.73. The number of likely N-dealkylation sites (tertiary alicyclic amines) is 1. The zero-order valence-corrected chi connectivity index (χ0v) is 7.29. The largest absolute Gasteiger partial charge is 0.370 e. The Hall–Kier alpha value is -0.810. The average molecular weight is 172 g/mol. The SMILES string of the molecule is COC1C(N)CCCN1C(=N)N. The Balaban J connectivity index is 2.64. The third-order valence-corrected chi connectivity index (χ3v) is 2.16. The number of hydrogen-bond acceptors (Lipinski definition) is 3. The van der Waals surface area contributed by atoms with Gasteiger partial charge < -0.3 is 21.1 Å². The highest BCUT2D eigenvalue weighted by Gasteiger charge is 2.29. The molecule has 0 spiro atoms. The molecular weight excluding hydrogens is 156 g/mol. The van der Waals surface area contributed by atoms with Crippen LogP contribution in [0.2, 0.25) is 0 Å². The van der Waals surface area contributed by atoms with Crippen molar-refractivity contribution in [3.8, 4) is 0 Å². The number of nitrogens with zero attached hydrogens (tertiary/aromatic N) is 1. The maximum atomic E-state index is 7.28. The van der Waals surface area contributed by atoms with Crippen molar-refractivity contribution in [2.24, 2.45) is 11.5 Å². The van der Waals surface area contributed by atoms with Crippen LogP contribution < -0.4 is 11.5 Å². The molecule has 1 aliphatic heterocycles. The van der Waals surface area contributed by atoms with Crippen LogP contribution in [0.1, 0.15) is 12.8 Å². The lowest BCUT2D eigenvalue weighted by molar-refractivity contribution is -0.0312. The van der Waals surface area contributed by atoms with Gasteiger partial charge in [-0.05, 0) is 12.8 Å². The molecule has 1 fully saturated rings. The zero-order valence-electron chi connectivity index (χ0n) is 7.29. The van der Waals surface area contributed by atoms with E-state index >= 15 is 0 Å². The summed E-state index contributed by atoms with van der Waals surface area (Å²) in [4.78, 5) is 1.69. The predicted octanol–water partition coefficient (Wildman–Crippen LogP) is -0.725. The summed E-state index contributed by atoms with van der Waals surface area (Å²) in [7, 11) is 1.59. The third kappa shape index (κ3) is 1.67. The van der Waals surface area contributed by atoms with Gasteiger partial charge in [-0.2, -0.15) is 0 Å². The zero-order chi connectivity index (χ0) is 9.14. The van der Waals surface area contributed by atoms with E-state index in [9.17, 15) is 0 Å². The first kappa shape index (κ1) is 9.28. The second-order valence-corrected chi connectivity index (χ2v) is 3.01. The third-order valence-electron chi connectivity index (χ3n) is 2.16. The molecule has 0 aromatic carbocycles. The molecular formula is C7H16N4O. The summed E-state index contributed by atoms with van der Waals surface area (Å²) in [5.41, 5.74) is 11.2. The molecule has 0 aromatic rings. The number of nitrogens with two attached hydrogens (primary N) is 2. The van der Waals surface area contributed by atoms with E-state index in [1.165, 1.54) is 0 Å². The molecule has 5 N–H and O–H groups in total. The van der Waals surface area contributed by atoms with Crippen molar-refractivity contribution in [3.05, 3.63) is 0 Å². The van der Waals surface area contributed by atoms with E-state index in [1.807, 2.05) is 0 Å². The summed E-state index contributed by atoms with van der Waals surface area (Å²) in [6.07, 6.45) is 1.68. The molecule has 2 unspecified atom stereocenters. The molecule has 1 heterocycles. The topological polar surface area (TPSA) is 88.4 Å². The van der Waals surface area contributed by atoms with Gasteiger partial charge in [0.05, 0.1) is 0 Å². The molecule has 0 aromatic heterocycles. The minimum absolute atomic E-state index is 0.0346. The van der Waals surface area contributed by atoms with Crippen LogP contribution in [-0.2, 0) is 4.74 Å². The van der Waals surface area contributed by atoms with Gasteiger partial charge in [-0.1, -0.05) is 0 Å². The van der Waals surface area contributed by atoms with E-state index in [0.717, 1.165) is 19.4 Å². The first-order valence-electron chi connectivity index (χ1n) is 4.06. The molecule has 12 heavy (non-hydrogen) atoms. The normalized spacial score (nSPS) is 30.3. The van der Waals surface area contributed by atoms with Gasteiger partial charge in [0.1, 0.15) is 6.23 Å². The summed E-state index contributed by atoms with van der Waals surface area (Å²) in [6, 6.07) is -0.0346. The minimum Gasteiger partial charge on any atom is -0.370 e.